The Hall–Kier alpha value is -3.07. The van der Waals surface area contributed by atoms with Gasteiger partial charge in [0.15, 0.2) is 0 Å². The fourth-order valence-corrected chi connectivity index (χ4v) is 5.96. The fraction of sp³-hybridized carbons (Fsp3) is 0.500. The van der Waals surface area contributed by atoms with Crippen LogP contribution in [0.3, 0.4) is 0 Å². The van der Waals surface area contributed by atoms with Crippen molar-refractivity contribution in [3.63, 3.8) is 0 Å². The third kappa shape index (κ3) is 5.53. The molecule has 3 heterocycles. The van der Waals surface area contributed by atoms with E-state index < -0.39 is 23.9 Å². The van der Waals surface area contributed by atoms with Crippen molar-refractivity contribution in [1.82, 2.24) is 9.88 Å². The molecule has 1 aliphatic carbocycles. The highest BCUT2D eigenvalue weighted by molar-refractivity contribution is 6.05. The van der Waals surface area contributed by atoms with E-state index in [1.807, 2.05) is 45.0 Å². The van der Waals surface area contributed by atoms with Gasteiger partial charge in [0.1, 0.15) is 18.1 Å². The molecule has 0 radical (unpaired) electrons. The summed E-state index contributed by atoms with van der Waals surface area (Å²) in [6.45, 7) is 5.86. The zero-order chi connectivity index (χ0) is 27.4. The summed E-state index contributed by atoms with van der Waals surface area (Å²) < 4.78 is 5.66. The molecule has 0 spiro atoms. The molecule has 3 N–H and O–H groups in total. The van der Waals surface area contributed by atoms with E-state index in [1.165, 1.54) is 4.90 Å². The number of hydrogen-bond donors (Lipinski definition) is 3. The number of amides is 2. The lowest BCUT2D eigenvalue weighted by Crippen LogP contribution is -2.39. The van der Waals surface area contributed by atoms with Crippen molar-refractivity contribution < 1.29 is 29.3 Å². The minimum absolute atomic E-state index is 0.0589. The lowest BCUT2D eigenvalue weighted by Gasteiger charge is -2.38. The first kappa shape index (κ1) is 28.0. The van der Waals surface area contributed by atoms with Crippen LogP contribution in [-0.2, 0) is 16.2 Å². The van der Waals surface area contributed by atoms with E-state index in [0.29, 0.717) is 49.3 Å². The van der Waals surface area contributed by atoms with E-state index in [2.05, 4.69) is 4.98 Å². The summed E-state index contributed by atoms with van der Waals surface area (Å²) in [7, 11) is 0. The smallest absolute Gasteiger partial charge is 0.233 e. The van der Waals surface area contributed by atoms with E-state index in [-0.39, 0.29) is 30.9 Å². The third-order valence-corrected chi connectivity index (χ3v) is 7.75. The van der Waals surface area contributed by atoms with Crippen molar-refractivity contribution in [2.45, 2.75) is 59.2 Å². The van der Waals surface area contributed by atoms with Gasteiger partial charge in [-0.1, -0.05) is 32.4 Å². The Morgan fingerprint density at radius 2 is 1.97 bits per heavy atom. The molecule has 0 bridgehead atoms. The van der Waals surface area contributed by atoms with Gasteiger partial charge in [-0.3, -0.25) is 19.5 Å². The minimum atomic E-state index is -0.898. The van der Waals surface area contributed by atoms with Crippen molar-refractivity contribution in [3.05, 3.63) is 64.9 Å². The first-order valence-electron chi connectivity index (χ1n) is 13.5. The number of carbonyl (C=O) groups excluding carboxylic acids is 2. The van der Waals surface area contributed by atoms with Crippen LogP contribution < -0.4 is 0 Å². The number of furan rings is 1. The van der Waals surface area contributed by atoms with Crippen LogP contribution in [0.4, 0.5) is 0 Å². The Balaban J connectivity index is 1.63. The second kappa shape index (κ2) is 12.2. The first-order valence-corrected chi connectivity index (χ1v) is 13.5. The second-order valence-corrected chi connectivity index (χ2v) is 10.5. The topological polar surface area (TPSA) is 124 Å². The van der Waals surface area contributed by atoms with E-state index in [9.17, 15) is 24.9 Å². The predicted octanol–water partition coefficient (Wildman–Crippen LogP) is 3.82. The van der Waals surface area contributed by atoms with Gasteiger partial charge in [0.2, 0.25) is 11.8 Å². The Morgan fingerprint density at radius 1 is 1.18 bits per heavy atom. The normalized spacial score (nSPS) is 23.0. The van der Waals surface area contributed by atoms with Crippen LogP contribution in [0.1, 0.15) is 63.7 Å². The predicted molar refractivity (Wildman–Crippen MR) is 143 cm³/mol. The molecule has 2 aromatic rings. The van der Waals surface area contributed by atoms with Gasteiger partial charge in [0.25, 0.3) is 0 Å². The number of hydrogen-bond acceptors (Lipinski definition) is 7. The number of pyridine rings is 1. The lowest BCUT2D eigenvalue weighted by molar-refractivity contribution is -0.140. The standard InChI is InChI=1S/C30H38N2O6/c1-4-13-32-29(36)23-15-22(18(2)3)27(24(17-34)28(23)30(32)37)26(35)11-8-19(25-7-5-6-12-31-25)14-20-9-10-21(16-33)38-20/h5-7,9-10,12,14,18,23-24,26,28,33-35H,4,8,11,13,15-17H2,1-3H3/b19-14-/t23-,24+,26-,28-/m1/s1. The lowest BCUT2D eigenvalue weighted by atomic mass is 9.66. The summed E-state index contributed by atoms with van der Waals surface area (Å²) in [5.74, 6) is -1.03. The molecule has 1 fully saturated rings. The van der Waals surface area contributed by atoms with Crippen LogP contribution in [0, 0.1) is 23.7 Å². The molecule has 4 rings (SSSR count). The van der Waals surface area contributed by atoms with Crippen molar-refractivity contribution in [2.24, 2.45) is 23.7 Å². The van der Waals surface area contributed by atoms with Crippen molar-refractivity contribution in [3.8, 4) is 0 Å². The molecule has 0 saturated carbocycles. The number of likely N-dealkylation sites (tertiary alicyclic amines) is 1. The highest BCUT2D eigenvalue weighted by Gasteiger charge is 2.54. The Morgan fingerprint density at radius 3 is 2.58 bits per heavy atom. The third-order valence-electron chi connectivity index (χ3n) is 7.75. The number of aliphatic hydroxyl groups excluding tert-OH is 3. The van der Waals surface area contributed by atoms with Crippen molar-refractivity contribution >= 4 is 23.5 Å². The highest BCUT2D eigenvalue weighted by Crippen LogP contribution is 2.48. The molecule has 2 aromatic heterocycles. The summed E-state index contributed by atoms with van der Waals surface area (Å²) in [6.07, 6.45) is 4.57. The number of fused-ring (bicyclic) bond motifs is 1. The van der Waals surface area contributed by atoms with Gasteiger partial charge in [-0.05, 0) is 73.1 Å². The van der Waals surface area contributed by atoms with Gasteiger partial charge in [0, 0.05) is 18.7 Å². The molecule has 1 aliphatic heterocycles. The van der Waals surface area contributed by atoms with Crippen LogP contribution in [0.15, 0.2) is 52.1 Å². The quantitative estimate of drug-likeness (QED) is 0.303. The molecular weight excluding hydrogens is 484 g/mol. The van der Waals surface area contributed by atoms with Crippen molar-refractivity contribution in [2.75, 3.05) is 13.2 Å². The summed E-state index contributed by atoms with van der Waals surface area (Å²) in [4.78, 5) is 32.2. The Kier molecular flexibility index (Phi) is 8.97. The molecule has 8 nitrogen and oxygen atoms in total. The maximum Gasteiger partial charge on any atom is 0.233 e. The van der Waals surface area contributed by atoms with E-state index in [0.717, 1.165) is 16.8 Å². The van der Waals surface area contributed by atoms with Gasteiger partial charge in [-0.15, -0.1) is 0 Å². The maximum atomic E-state index is 13.3. The Bertz CT molecular complexity index is 1200. The summed E-state index contributed by atoms with van der Waals surface area (Å²) in [5, 5.41) is 31.4. The number of aliphatic hydroxyl groups is 3. The molecule has 204 valence electrons. The molecular formula is C30H38N2O6. The van der Waals surface area contributed by atoms with Gasteiger partial charge in [0.05, 0.1) is 30.2 Å². The largest absolute Gasteiger partial charge is 0.459 e. The van der Waals surface area contributed by atoms with Crippen LogP contribution in [0.5, 0.6) is 0 Å². The van der Waals surface area contributed by atoms with E-state index in [1.54, 1.807) is 18.3 Å². The van der Waals surface area contributed by atoms with Crippen LogP contribution in [0.2, 0.25) is 0 Å². The number of aromatic nitrogens is 1. The van der Waals surface area contributed by atoms with Crippen LogP contribution in [-0.4, -0.2) is 56.3 Å². The molecule has 38 heavy (non-hydrogen) atoms. The highest BCUT2D eigenvalue weighted by atomic mass is 16.4. The number of imide groups is 1. The average molecular weight is 523 g/mol. The molecule has 4 atom stereocenters. The van der Waals surface area contributed by atoms with E-state index >= 15 is 0 Å². The van der Waals surface area contributed by atoms with Gasteiger partial charge in [-0.2, -0.15) is 0 Å². The number of rotatable bonds is 11. The van der Waals surface area contributed by atoms with E-state index in [4.69, 9.17) is 4.42 Å². The van der Waals surface area contributed by atoms with Gasteiger partial charge in [-0.25, -0.2) is 0 Å². The summed E-state index contributed by atoms with van der Waals surface area (Å²) in [6, 6.07) is 9.10. The number of allylic oxidation sites excluding steroid dienone is 2. The first-order chi connectivity index (χ1) is 18.3. The summed E-state index contributed by atoms with van der Waals surface area (Å²) in [5.41, 5.74) is 3.25. The summed E-state index contributed by atoms with van der Waals surface area (Å²) >= 11 is 0. The molecule has 0 unspecified atom stereocenters. The monoisotopic (exact) mass is 522 g/mol. The minimum Gasteiger partial charge on any atom is -0.459 e. The molecule has 2 aliphatic rings. The molecule has 2 amide bonds. The molecule has 1 saturated heterocycles. The number of nitrogens with zero attached hydrogens (tertiary/aromatic N) is 2. The zero-order valence-corrected chi connectivity index (χ0v) is 22.3. The van der Waals surface area contributed by atoms with Gasteiger partial charge < -0.3 is 19.7 Å². The molecule has 8 heteroatoms. The fourth-order valence-electron chi connectivity index (χ4n) is 5.96. The number of carbonyl (C=O) groups is 2. The van der Waals surface area contributed by atoms with Crippen LogP contribution in [0.25, 0.3) is 11.6 Å². The SMILES string of the molecule is CCCN1C(=O)[C@@H]2[C@@H](CC(C(C)C)=C([C@H](O)CC/C(=C/c3ccc(CO)o3)c3ccccn3)[C@@H]2CO)C1=O. The van der Waals surface area contributed by atoms with Gasteiger partial charge >= 0.3 is 0 Å². The Labute approximate surface area is 223 Å². The van der Waals surface area contributed by atoms with Crippen molar-refractivity contribution in [1.29, 1.82) is 0 Å². The molecule has 0 aromatic carbocycles. The second-order valence-electron chi connectivity index (χ2n) is 10.5. The average Bonchev–Trinajstić information content (AvgIpc) is 3.48. The maximum absolute atomic E-state index is 13.3. The van der Waals surface area contributed by atoms with Crippen LogP contribution >= 0.6 is 0 Å². The zero-order valence-electron chi connectivity index (χ0n) is 22.3.